The zero-order chi connectivity index (χ0) is 13.1. The maximum atomic E-state index is 12.1. The lowest BCUT2D eigenvalue weighted by atomic mass is 10.0. The molecule has 2 atom stereocenters. The van der Waals surface area contributed by atoms with E-state index in [1.165, 1.54) is 0 Å². The Balaban J connectivity index is 2.00. The first kappa shape index (κ1) is 14.1. The second kappa shape index (κ2) is 6.21. The average Bonchev–Trinajstić information content (AvgIpc) is 2.32. The van der Waals surface area contributed by atoms with Gasteiger partial charge >= 0.3 is 0 Å². The smallest absolute Gasteiger partial charge is 0.251 e. The molecular weight excluding hydrogens is 363 g/mol. The first-order valence-corrected chi connectivity index (χ1v) is 7.51. The zero-order valence-electron chi connectivity index (χ0n) is 10.2. The van der Waals surface area contributed by atoms with E-state index in [0.717, 1.165) is 23.0 Å². The molecule has 98 valence electrons. The Kier molecular flexibility index (Phi) is 4.86. The van der Waals surface area contributed by atoms with Crippen molar-refractivity contribution in [1.82, 2.24) is 10.6 Å². The SMILES string of the molecule is CC1CC(NC(=O)c2ccc(I)c(Cl)c2)CCN1. The summed E-state index contributed by atoms with van der Waals surface area (Å²) >= 11 is 8.18. The van der Waals surface area contributed by atoms with E-state index in [2.05, 4.69) is 40.1 Å². The van der Waals surface area contributed by atoms with Gasteiger partial charge < -0.3 is 10.6 Å². The Morgan fingerprint density at radius 2 is 2.33 bits per heavy atom. The van der Waals surface area contributed by atoms with E-state index < -0.39 is 0 Å². The van der Waals surface area contributed by atoms with Crippen LogP contribution >= 0.6 is 34.2 Å². The molecule has 18 heavy (non-hydrogen) atoms. The summed E-state index contributed by atoms with van der Waals surface area (Å²) in [6, 6.07) is 6.12. The third-order valence-corrected chi connectivity index (χ3v) is 4.71. The molecule has 1 saturated heterocycles. The fraction of sp³-hybridized carbons (Fsp3) is 0.462. The normalized spacial score (nSPS) is 23.7. The second-order valence-electron chi connectivity index (χ2n) is 4.68. The van der Waals surface area contributed by atoms with Crippen LogP contribution < -0.4 is 10.6 Å². The molecule has 0 aliphatic carbocycles. The third-order valence-electron chi connectivity index (χ3n) is 3.14. The molecule has 0 radical (unpaired) electrons. The van der Waals surface area contributed by atoms with Crippen LogP contribution in [-0.4, -0.2) is 24.5 Å². The molecule has 2 N–H and O–H groups in total. The van der Waals surface area contributed by atoms with Crippen LogP contribution in [0.25, 0.3) is 0 Å². The molecule has 2 unspecified atom stereocenters. The zero-order valence-corrected chi connectivity index (χ0v) is 13.1. The van der Waals surface area contributed by atoms with Gasteiger partial charge in [-0.05, 0) is 67.1 Å². The number of hydrogen-bond acceptors (Lipinski definition) is 2. The molecule has 0 spiro atoms. The van der Waals surface area contributed by atoms with Gasteiger partial charge in [-0.3, -0.25) is 4.79 Å². The summed E-state index contributed by atoms with van der Waals surface area (Å²) in [4.78, 5) is 12.1. The Morgan fingerprint density at radius 3 is 3.00 bits per heavy atom. The van der Waals surface area contributed by atoms with Gasteiger partial charge in [0.1, 0.15) is 0 Å². The monoisotopic (exact) mass is 378 g/mol. The Labute approximate surface area is 126 Å². The molecule has 1 amide bonds. The van der Waals surface area contributed by atoms with Crippen LogP contribution in [0.5, 0.6) is 0 Å². The van der Waals surface area contributed by atoms with Gasteiger partial charge in [0.25, 0.3) is 5.91 Å². The van der Waals surface area contributed by atoms with Gasteiger partial charge in [0, 0.05) is 21.2 Å². The van der Waals surface area contributed by atoms with E-state index in [-0.39, 0.29) is 11.9 Å². The van der Waals surface area contributed by atoms with Crippen LogP contribution in [0.15, 0.2) is 18.2 Å². The summed E-state index contributed by atoms with van der Waals surface area (Å²) in [6.07, 6.45) is 1.96. The van der Waals surface area contributed by atoms with Crippen LogP contribution in [0.3, 0.4) is 0 Å². The number of carbonyl (C=O) groups is 1. The maximum absolute atomic E-state index is 12.1. The lowest BCUT2D eigenvalue weighted by Gasteiger charge is -2.28. The van der Waals surface area contributed by atoms with Crippen LogP contribution in [0.1, 0.15) is 30.1 Å². The third kappa shape index (κ3) is 3.59. The van der Waals surface area contributed by atoms with Gasteiger partial charge in [-0.1, -0.05) is 11.6 Å². The molecule has 0 saturated carbocycles. The highest BCUT2D eigenvalue weighted by Gasteiger charge is 2.20. The van der Waals surface area contributed by atoms with Crippen molar-refractivity contribution in [2.75, 3.05) is 6.54 Å². The van der Waals surface area contributed by atoms with Gasteiger partial charge in [-0.15, -0.1) is 0 Å². The van der Waals surface area contributed by atoms with Gasteiger partial charge in [0.05, 0.1) is 5.02 Å². The summed E-state index contributed by atoms with van der Waals surface area (Å²) < 4.78 is 0.960. The van der Waals surface area contributed by atoms with Gasteiger partial charge in [-0.25, -0.2) is 0 Å². The van der Waals surface area contributed by atoms with E-state index in [1.807, 2.05) is 12.1 Å². The second-order valence-corrected chi connectivity index (χ2v) is 6.25. The van der Waals surface area contributed by atoms with Crippen LogP contribution in [0.2, 0.25) is 5.02 Å². The molecule has 0 aromatic heterocycles. The maximum Gasteiger partial charge on any atom is 0.251 e. The largest absolute Gasteiger partial charge is 0.349 e. The highest BCUT2D eigenvalue weighted by atomic mass is 127. The minimum atomic E-state index is -0.0348. The van der Waals surface area contributed by atoms with Crippen molar-refractivity contribution in [3.63, 3.8) is 0 Å². The molecule has 2 rings (SSSR count). The van der Waals surface area contributed by atoms with Gasteiger partial charge in [-0.2, -0.15) is 0 Å². The summed E-state index contributed by atoms with van der Waals surface area (Å²) in [5.74, 6) is -0.0348. The van der Waals surface area contributed by atoms with Crippen molar-refractivity contribution in [3.8, 4) is 0 Å². The molecular formula is C13H16ClIN2O. The van der Waals surface area contributed by atoms with Crippen LogP contribution in [-0.2, 0) is 0 Å². The molecule has 3 nitrogen and oxygen atoms in total. The number of rotatable bonds is 2. The van der Waals surface area contributed by atoms with Crippen LogP contribution in [0, 0.1) is 3.57 Å². The topological polar surface area (TPSA) is 41.1 Å². The minimum Gasteiger partial charge on any atom is -0.349 e. The fourth-order valence-electron chi connectivity index (χ4n) is 2.17. The quantitative estimate of drug-likeness (QED) is 0.777. The number of amides is 1. The van der Waals surface area contributed by atoms with Gasteiger partial charge in [0.2, 0.25) is 0 Å². The van der Waals surface area contributed by atoms with Crippen LogP contribution in [0.4, 0.5) is 0 Å². The standard InChI is InChI=1S/C13H16ClIN2O/c1-8-6-10(4-5-16-8)17-13(18)9-2-3-12(15)11(14)7-9/h2-3,7-8,10,16H,4-6H2,1H3,(H,17,18). The van der Waals surface area contributed by atoms with Crippen molar-refractivity contribution in [3.05, 3.63) is 32.4 Å². The molecule has 0 bridgehead atoms. The molecule has 1 heterocycles. The number of halogens is 2. The van der Waals surface area contributed by atoms with E-state index in [9.17, 15) is 4.79 Å². The van der Waals surface area contributed by atoms with Gasteiger partial charge in [0.15, 0.2) is 0 Å². The lowest BCUT2D eigenvalue weighted by Crippen LogP contribution is -2.46. The minimum absolute atomic E-state index is 0.0348. The van der Waals surface area contributed by atoms with Crippen molar-refractivity contribution < 1.29 is 4.79 Å². The first-order chi connectivity index (χ1) is 8.56. The van der Waals surface area contributed by atoms with E-state index in [1.54, 1.807) is 6.07 Å². The number of piperidine rings is 1. The number of nitrogens with one attached hydrogen (secondary N) is 2. The van der Waals surface area contributed by atoms with E-state index in [0.29, 0.717) is 16.6 Å². The average molecular weight is 379 g/mol. The molecule has 5 heteroatoms. The predicted octanol–water partition coefficient (Wildman–Crippen LogP) is 2.81. The highest BCUT2D eigenvalue weighted by molar-refractivity contribution is 14.1. The molecule has 1 aliphatic rings. The molecule has 1 aromatic rings. The van der Waals surface area contributed by atoms with Crippen molar-refractivity contribution in [2.24, 2.45) is 0 Å². The van der Waals surface area contributed by atoms with Crippen molar-refractivity contribution in [1.29, 1.82) is 0 Å². The summed E-state index contributed by atoms with van der Waals surface area (Å²) in [7, 11) is 0. The number of carbonyl (C=O) groups excluding carboxylic acids is 1. The molecule has 1 aliphatic heterocycles. The highest BCUT2D eigenvalue weighted by Crippen LogP contribution is 2.20. The first-order valence-electron chi connectivity index (χ1n) is 6.05. The number of benzene rings is 1. The Morgan fingerprint density at radius 1 is 1.56 bits per heavy atom. The lowest BCUT2D eigenvalue weighted by molar-refractivity contribution is 0.0925. The summed E-state index contributed by atoms with van der Waals surface area (Å²) in [6.45, 7) is 3.10. The fourth-order valence-corrected chi connectivity index (χ4v) is 2.69. The Hall–Kier alpha value is -0.330. The van der Waals surface area contributed by atoms with Crippen molar-refractivity contribution in [2.45, 2.75) is 31.8 Å². The Bertz CT molecular complexity index is 453. The molecule has 1 aromatic carbocycles. The summed E-state index contributed by atoms with van der Waals surface area (Å²) in [5, 5.41) is 7.07. The van der Waals surface area contributed by atoms with E-state index in [4.69, 9.17) is 11.6 Å². The predicted molar refractivity (Wildman–Crippen MR) is 82.1 cm³/mol. The number of hydrogen-bond donors (Lipinski definition) is 2. The molecule has 1 fully saturated rings. The summed E-state index contributed by atoms with van der Waals surface area (Å²) in [5.41, 5.74) is 0.631. The van der Waals surface area contributed by atoms with E-state index >= 15 is 0 Å². The van der Waals surface area contributed by atoms with Crippen molar-refractivity contribution >= 4 is 40.1 Å².